The summed E-state index contributed by atoms with van der Waals surface area (Å²) in [4.78, 5) is 12.0. The maximum Gasteiger partial charge on any atom is 0.276 e. The van der Waals surface area contributed by atoms with Crippen LogP contribution in [0.5, 0.6) is 0 Å². The molecule has 120 valence electrons. The maximum absolute atomic E-state index is 12.1. The number of aryl methyl sites for hydroxylation is 1. The third-order valence-corrected chi connectivity index (χ3v) is 4.39. The van der Waals surface area contributed by atoms with E-state index in [1.807, 2.05) is 31.2 Å². The van der Waals surface area contributed by atoms with E-state index >= 15 is 0 Å². The van der Waals surface area contributed by atoms with Crippen molar-refractivity contribution in [3.8, 4) is 0 Å². The largest absolute Gasteiger partial charge is 0.276 e. The average Bonchev–Trinajstić information content (AvgIpc) is 2.53. The van der Waals surface area contributed by atoms with E-state index in [0.717, 1.165) is 35.4 Å². The molecule has 0 spiro atoms. The molecular weight excluding hydrogens is 318 g/mol. The van der Waals surface area contributed by atoms with Crippen molar-refractivity contribution in [2.75, 3.05) is 0 Å². The number of non-ortho nitro benzene ring substituents is 1. The van der Waals surface area contributed by atoms with Crippen molar-refractivity contribution in [3.05, 3.63) is 69.8 Å². The van der Waals surface area contributed by atoms with E-state index in [2.05, 4.69) is 9.93 Å². The van der Waals surface area contributed by atoms with E-state index in [0.29, 0.717) is 5.71 Å². The lowest BCUT2D eigenvalue weighted by Gasteiger charge is -2.05. The summed E-state index contributed by atoms with van der Waals surface area (Å²) in [6, 6.07) is 12.1. The molecular formula is C15H15N3O4S. The van der Waals surface area contributed by atoms with Crippen LogP contribution in [-0.4, -0.2) is 19.1 Å². The van der Waals surface area contributed by atoms with Gasteiger partial charge in [-0.3, -0.25) is 10.1 Å². The predicted octanol–water partition coefficient (Wildman–Crippen LogP) is 2.61. The number of hydrogen-bond donors (Lipinski definition) is 1. The van der Waals surface area contributed by atoms with E-state index in [1.165, 1.54) is 0 Å². The van der Waals surface area contributed by atoms with Crippen LogP contribution >= 0.6 is 0 Å². The first kappa shape index (κ1) is 16.6. The van der Waals surface area contributed by atoms with Crippen LogP contribution in [0.15, 0.2) is 58.5 Å². The fourth-order valence-electron chi connectivity index (χ4n) is 1.79. The summed E-state index contributed by atoms with van der Waals surface area (Å²) in [6.45, 7) is 3.64. The van der Waals surface area contributed by atoms with E-state index < -0.39 is 14.9 Å². The summed E-state index contributed by atoms with van der Waals surface area (Å²) in [5.74, 6) is 0. The Bertz CT molecular complexity index is 841. The van der Waals surface area contributed by atoms with Gasteiger partial charge < -0.3 is 0 Å². The number of hydrazone groups is 1. The predicted molar refractivity (Wildman–Crippen MR) is 86.8 cm³/mol. The van der Waals surface area contributed by atoms with Crippen molar-refractivity contribution in [1.29, 1.82) is 0 Å². The van der Waals surface area contributed by atoms with E-state index in [1.54, 1.807) is 6.92 Å². The number of nitrogens with one attached hydrogen (secondary N) is 1. The van der Waals surface area contributed by atoms with Gasteiger partial charge in [0.05, 0.1) is 15.5 Å². The number of benzene rings is 2. The molecule has 23 heavy (non-hydrogen) atoms. The molecule has 0 aromatic heterocycles. The van der Waals surface area contributed by atoms with E-state index in [9.17, 15) is 18.5 Å². The number of nitro benzene ring substituents is 1. The van der Waals surface area contributed by atoms with Crippen molar-refractivity contribution in [2.24, 2.45) is 5.10 Å². The highest BCUT2D eigenvalue weighted by molar-refractivity contribution is 7.89. The number of rotatable bonds is 5. The molecule has 7 nitrogen and oxygen atoms in total. The van der Waals surface area contributed by atoms with Gasteiger partial charge in [-0.25, -0.2) is 0 Å². The lowest BCUT2D eigenvalue weighted by molar-refractivity contribution is -0.384. The van der Waals surface area contributed by atoms with Gasteiger partial charge in [0.15, 0.2) is 0 Å². The second-order valence-electron chi connectivity index (χ2n) is 4.91. The van der Waals surface area contributed by atoms with Crippen LogP contribution in [0.1, 0.15) is 18.1 Å². The molecule has 0 atom stereocenters. The molecule has 0 bridgehead atoms. The topological polar surface area (TPSA) is 102 Å². The summed E-state index contributed by atoms with van der Waals surface area (Å²) in [6.07, 6.45) is 0. The molecule has 0 radical (unpaired) electrons. The van der Waals surface area contributed by atoms with Gasteiger partial charge in [-0.05, 0) is 31.5 Å². The summed E-state index contributed by atoms with van der Waals surface area (Å²) in [5.41, 5.74) is 2.22. The minimum absolute atomic E-state index is 0.0939. The smallest absolute Gasteiger partial charge is 0.258 e. The molecule has 0 saturated heterocycles. The maximum atomic E-state index is 12.1. The summed E-state index contributed by atoms with van der Waals surface area (Å²) in [7, 11) is -3.87. The first-order valence-corrected chi connectivity index (χ1v) is 8.15. The fraction of sp³-hybridized carbons (Fsp3) is 0.133. The molecule has 0 fully saturated rings. The van der Waals surface area contributed by atoms with Crippen molar-refractivity contribution in [3.63, 3.8) is 0 Å². The molecule has 0 saturated carbocycles. The van der Waals surface area contributed by atoms with Crippen LogP contribution in [0.3, 0.4) is 0 Å². The molecule has 1 N–H and O–H groups in total. The molecule has 2 aromatic carbocycles. The van der Waals surface area contributed by atoms with Crippen LogP contribution in [0.2, 0.25) is 0 Å². The molecule has 0 aliphatic rings. The quantitative estimate of drug-likeness (QED) is 0.516. The van der Waals surface area contributed by atoms with Crippen molar-refractivity contribution >= 4 is 21.4 Å². The van der Waals surface area contributed by atoms with E-state index in [4.69, 9.17) is 0 Å². The van der Waals surface area contributed by atoms with Crippen molar-refractivity contribution in [1.82, 2.24) is 4.83 Å². The Morgan fingerprint density at radius 3 is 2.17 bits per heavy atom. The van der Waals surface area contributed by atoms with Gasteiger partial charge >= 0.3 is 0 Å². The van der Waals surface area contributed by atoms with Crippen LogP contribution < -0.4 is 4.83 Å². The number of nitrogens with zero attached hydrogens (tertiary/aromatic N) is 2. The van der Waals surface area contributed by atoms with E-state index in [-0.39, 0.29) is 10.6 Å². The normalized spacial score (nSPS) is 12.0. The number of nitro groups is 1. The summed E-state index contributed by atoms with van der Waals surface area (Å²) >= 11 is 0. The zero-order chi connectivity index (χ0) is 17.0. The first-order chi connectivity index (χ1) is 10.8. The number of sulfonamides is 1. The van der Waals surface area contributed by atoms with Crippen LogP contribution in [0, 0.1) is 17.0 Å². The van der Waals surface area contributed by atoms with Gasteiger partial charge in [0, 0.05) is 12.1 Å². The zero-order valence-electron chi connectivity index (χ0n) is 12.6. The third-order valence-electron chi connectivity index (χ3n) is 3.16. The minimum atomic E-state index is -3.87. The fourth-order valence-corrected chi connectivity index (χ4v) is 2.64. The van der Waals surface area contributed by atoms with Crippen molar-refractivity contribution < 1.29 is 13.3 Å². The van der Waals surface area contributed by atoms with Crippen molar-refractivity contribution in [2.45, 2.75) is 18.7 Å². The Hall–Kier alpha value is -2.74. The van der Waals surface area contributed by atoms with Crippen LogP contribution in [0.25, 0.3) is 0 Å². The third kappa shape index (κ3) is 4.13. The summed E-state index contributed by atoms with van der Waals surface area (Å²) < 4.78 is 24.2. The van der Waals surface area contributed by atoms with Gasteiger partial charge in [0.2, 0.25) is 0 Å². The Morgan fingerprint density at radius 2 is 1.65 bits per heavy atom. The van der Waals surface area contributed by atoms with Gasteiger partial charge in [0.1, 0.15) is 0 Å². The standard InChI is InChI=1S/C15H15N3O4S/c1-11-3-5-13(6-4-11)12(2)16-17-23(21,22)15-9-7-14(8-10-15)18(19)20/h3-10,17H,1-2H3/b16-12-. The Labute approximate surface area is 133 Å². The second kappa shape index (κ2) is 6.57. The lowest BCUT2D eigenvalue weighted by Crippen LogP contribution is -2.20. The molecule has 0 aliphatic carbocycles. The molecule has 2 aromatic rings. The van der Waals surface area contributed by atoms with Crippen LogP contribution in [0.4, 0.5) is 5.69 Å². The molecule has 8 heteroatoms. The molecule has 2 rings (SSSR count). The molecule has 0 amide bonds. The molecule has 0 aliphatic heterocycles. The Morgan fingerprint density at radius 1 is 1.09 bits per heavy atom. The lowest BCUT2D eigenvalue weighted by atomic mass is 10.1. The van der Waals surface area contributed by atoms with Gasteiger partial charge in [-0.2, -0.15) is 18.4 Å². The monoisotopic (exact) mass is 333 g/mol. The Kier molecular flexibility index (Phi) is 4.75. The minimum Gasteiger partial charge on any atom is -0.258 e. The zero-order valence-corrected chi connectivity index (χ0v) is 13.4. The molecule has 0 heterocycles. The first-order valence-electron chi connectivity index (χ1n) is 6.67. The SMILES string of the molecule is C/C(=N/NS(=O)(=O)c1ccc([N+](=O)[O-])cc1)c1ccc(C)cc1. The highest BCUT2D eigenvalue weighted by Crippen LogP contribution is 2.15. The second-order valence-corrected chi connectivity index (χ2v) is 6.57. The van der Waals surface area contributed by atoms with Gasteiger partial charge in [-0.15, -0.1) is 0 Å². The van der Waals surface area contributed by atoms with Crippen LogP contribution in [-0.2, 0) is 10.0 Å². The highest BCUT2D eigenvalue weighted by Gasteiger charge is 2.15. The highest BCUT2D eigenvalue weighted by atomic mass is 32.2. The number of hydrogen-bond acceptors (Lipinski definition) is 5. The molecule has 0 unspecified atom stereocenters. The average molecular weight is 333 g/mol. The van der Waals surface area contributed by atoms with Gasteiger partial charge in [-0.1, -0.05) is 29.8 Å². The Balaban J connectivity index is 2.18. The van der Waals surface area contributed by atoms with Gasteiger partial charge in [0.25, 0.3) is 15.7 Å². The summed E-state index contributed by atoms with van der Waals surface area (Å²) in [5, 5.41) is 14.5.